The number of hydrogen-bond acceptors (Lipinski definition) is 3. The molecule has 0 bridgehead atoms. The van der Waals surface area contributed by atoms with E-state index in [1.807, 2.05) is 48.5 Å². The highest BCUT2D eigenvalue weighted by Gasteiger charge is 2.17. The molecule has 11 rings (SSSR count). The van der Waals surface area contributed by atoms with E-state index in [9.17, 15) is 0 Å². The minimum Gasteiger partial charge on any atom is -0.456 e. The third-order valence-corrected chi connectivity index (χ3v) is 10.9. The standard InChI is InChI=1S/C51H34N4O/c1-33-31-54(51-52-45(35-12-4-2-5-13-35)30-46(53-51)36-14-6-3-7-15-36)32-44(33)38-23-27-48-43(28-38)40-16-8-10-18-47(40)55(48)39-24-20-34(21-25-39)37-22-26-42-41-17-9-11-19-49(41)56-50(42)29-37/h2-32H,1H3. The lowest BCUT2D eigenvalue weighted by molar-refractivity contribution is 0.669. The Morgan fingerprint density at radius 2 is 1.04 bits per heavy atom. The zero-order valence-corrected chi connectivity index (χ0v) is 30.6. The number of para-hydroxylation sites is 2. The first-order chi connectivity index (χ1) is 27.6. The van der Waals surface area contributed by atoms with Crippen molar-refractivity contribution in [3.8, 4) is 56.4 Å². The molecule has 0 radical (unpaired) electrons. The quantitative estimate of drug-likeness (QED) is 0.172. The normalized spacial score (nSPS) is 11.7. The lowest BCUT2D eigenvalue weighted by atomic mass is 10.0. The molecule has 4 aromatic heterocycles. The zero-order valence-electron chi connectivity index (χ0n) is 30.6. The predicted molar refractivity (Wildman–Crippen MR) is 229 cm³/mol. The van der Waals surface area contributed by atoms with Crippen molar-refractivity contribution in [2.24, 2.45) is 0 Å². The Labute approximate surface area is 323 Å². The third kappa shape index (κ3) is 5.32. The van der Waals surface area contributed by atoms with Crippen LogP contribution in [0.25, 0.3) is 100 Å². The van der Waals surface area contributed by atoms with Gasteiger partial charge in [-0.05, 0) is 83.8 Å². The first-order valence-corrected chi connectivity index (χ1v) is 18.9. The Morgan fingerprint density at radius 1 is 0.429 bits per heavy atom. The lowest BCUT2D eigenvalue weighted by Gasteiger charge is -2.10. The van der Waals surface area contributed by atoms with Gasteiger partial charge in [-0.25, -0.2) is 9.97 Å². The summed E-state index contributed by atoms with van der Waals surface area (Å²) in [6.07, 6.45) is 4.30. The summed E-state index contributed by atoms with van der Waals surface area (Å²) in [7, 11) is 0. The van der Waals surface area contributed by atoms with Gasteiger partial charge in [0.05, 0.1) is 22.4 Å². The molecule has 0 aliphatic rings. The molecule has 0 fully saturated rings. The van der Waals surface area contributed by atoms with Crippen LogP contribution in [-0.4, -0.2) is 19.1 Å². The third-order valence-electron chi connectivity index (χ3n) is 10.9. The van der Waals surface area contributed by atoms with E-state index in [-0.39, 0.29) is 0 Å². The van der Waals surface area contributed by atoms with Gasteiger partial charge in [0.2, 0.25) is 5.95 Å². The summed E-state index contributed by atoms with van der Waals surface area (Å²) in [5, 5.41) is 4.71. The van der Waals surface area contributed by atoms with Gasteiger partial charge in [0.1, 0.15) is 11.2 Å². The molecule has 0 N–H and O–H groups in total. The number of nitrogens with zero attached hydrogens (tertiary/aromatic N) is 4. The highest BCUT2D eigenvalue weighted by atomic mass is 16.3. The topological polar surface area (TPSA) is 48.8 Å². The van der Waals surface area contributed by atoms with E-state index in [1.54, 1.807) is 0 Å². The van der Waals surface area contributed by atoms with Crippen LogP contribution in [-0.2, 0) is 0 Å². The molecule has 11 aromatic rings. The summed E-state index contributed by atoms with van der Waals surface area (Å²) in [5.41, 5.74) is 14.9. The molecule has 0 spiro atoms. The second-order valence-electron chi connectivity index (χ2n) is 14.4. The fraction of sp³-hybridized carbons (Fsp3) is 0.0196. The molecule has 0 unspecified atom stereocenters. The highest BCUT2D eigenvalue weighted by Crippen LogP contribution is 2.38. The number of aromatic nitrogens is 4. The fourth-order valence-corrected chi connectivity index (χ4v) is 8.16. The maximum absolute atomic E-state index is 6.20. The number of fused-ring (bicyclic) bond motifs is 6. The molecule has 0 aliphatic carbocycles. The van der Waals surface area contributed by atoms with E-state index in [1.165, 1.54) is 16.3 Å². The van der Waals surface area contributed by atoms with Gasteiger partial charge in [-0.1, -0.05) is 121 Å². The van der Waals surface area contributed by atoms with Crippen molar-refractivity contribution in [2.75, 3.05) is 0 Å². The SMILES string of the molecule is Cc1cn(-c2nc(-c3ccccc3)cc(-c3ccccc3)n2)cc1-c1ccc2c(c1)c1ccccc1n2-c1ccc(-c2ccc3c(c2)oc2ccccc23)cc1. The summed E-state index contributed by atoms with van der Waals surface area (Å²) in [5.74, 6) is 0.637. The Balaban J connectivity index is 0.975. The van der Waals surface area contributed by atoms with Gasteiger partial charge in [0.25, 0.3) is 0 Å². The van der Waals surface area contributed by atoms with Crippen LogP contribution in [0.1, 0.15) is 5.56 Å². The van der Waals surface area contributed by atoms with Crippen LogP contribution >= 0.6 is 0 Å². The van der Waals surface area contributed by atoms with Gasteiger partial charge in [0.15, 0.2) is 0 Å². The second kappa shape index (κ2) is 12.8. The number of rotatable bonds is 6. The van der Waals surface area contributed by atoms with Crippen molar-refractivity contribution in [3.05, 3.63) is 194 Å². The molecule has 4 heterocycles. The number of furan rings is 1. The molecule has 0 atom stereocenters. The number of hydrogen-bond donors (Lipinski definition) is 0. The first-order valence-electron chi connectivity index (χ1n) is 18.9. The minimum absolute atomic E-state index is 0.637. The van der Waals surface area contributed by atoms with Gasteiger partial charge >= 0.3 is 0 Å². The van der Waals surface area contributed by atoms with E-state index in [0.29, 0.717) is 5.95 Å². The summed E-state index contributed by atoms with van der Waals surface area (Å²) in [6.45, 7) is 2.16. The van der Waals surface area contributed by atoms with Crippen molar-refractivity contribution in [3.63, 3.8) is 0 Å². The first kappa shape index (κ1) is 32.0. The van der Waals surface area contributed by atoms with Crippen molar-refractivity contribution in [2.45, 2.75) is 6.92 Å². The predicted octanol–water partition coefficient (Wildman–Crippen LogP) is 13.2. The summed E-state index contributed by atoms with van der Waals surface area (Å²) in [6, 6.07) is 61.7. The fourth-order valence-electron chi connectivity index (χ4n) is 8.16. The van der Waals surface area contributed by atoms with Crippen molar-refractivity contribution in [1.82, 2.24) is 19.1 Å². The molecular weight excluding hydrogens is 685 g/mol. The van der Waals surface area contributed by atoms with Crippen LogP contribution < -0.4 is 0 Å². The van der Waals surface area contributed by atoms with Gasteiger partial charge < -0.3 is 8.98 Å². The second-order valence-corrected chi connectivity index (χ2v) is 14.4. The Hall–Kier alpha value is -7.50. The monoisotopic (exact) mass is 718 g/mol. The maximum Gasteiger partial charge on any atom is 0.234 e. The van der Waals surface area contributed by atoms with Crippen LogP contribution in [0, 0.1) is 6.92 Å². The van der Waals surface area contributed by atoms with Crippen molar-refractivity contribution < 1.29 is 4.42 Å². The number of benzene rings is 7. The van der Waals surface area contributed by atoms with Crippen LogP contribution in [0.5, 0.6) is 0 Å². The van der Waals surface area contributed by atoms with Crippen LogP contribution in [0.15, 0.2) is 193 Å². The van der Waals surface area contributed by atoms with Gasteiger partial charge in [-0.15, -0.1) is 0 Å². The molecule has 0 saturated heterocycles. The molecule has 0 aliphatic heterocycles. The van der Waals surface area contributed by atoms with E-state index in [2.05, 4.69) is 156 Å². The highest BCUT2D eigenvalue weighted by molar-refractivity contribution is 6.10. The zero-order chi connectivity index (χ0) is 37.2. The average Bonchev–Trinajstić information content (AvgIpc) is 3.95. The smallest absolute Gasteiger partial charge is 0.234 e. The van der Waals surface area contributed by atoms with E-state index in [4.69, 9.17) is 14.4 Å². The summed E-state index contributed by atoms with van der Waals surface area (Å²) >= 11 is 0. The molecule has 7 aromatic carbocycles. The van der Waals surface area contributed by atoms with Crippen molar-refractivity contribution in [1.29, 1.82) is 0 Å². The van der Waals surface area contributed by atoms with Crippen LogP contribution in [0.2, 0.25) is 0 Å². The van der Waals surface area contributed by atoms with Crippen LogP contribution in [0.4, 0.5) is 0 Å². The van der Waals surface area contributed by atoms with Gasteiger partial charge in [0, 0.05) is 56.3 Å². The van der Waals surface area contributed by atoms with Crippen molar-refractivity contribution >= 4 is 43.7 Å². The Kier molecular flexibility index (Phi) is 7.32. The van der Waals surface area contributed by atoms with E-state index >= 15 is 0 Å². The molecule has 0 saturated carbocycles. The molecule has 5 heteroatoms. The molecule has 5 nitrogen and oxygen atoms in total. The molecule has 0 amide bonds. The largest absolute Gasteiger partial charge is 0.456 e. The van der Waals surface area contributed by atoms with E-state index in [0.717, 1.165) is 83.5 Å². The van der Waals surface area contributed by atoms with Crippen LogP contribution in [0.3, 0.4) is 0 Å². The summed E-state index contributed by atoms with van der Waals surface area (Å²) in [4.78, 5) is 10.1. The van der Waals surface area contributed by atoms with Gasteiger partial charge in [-0.3, -0.25) is 4.57 Å². The van der Waals surface area contributed by atoms with Gasteiger partial charge in [-0.2, -0.15) is 0 Å². The molecular formula is C51H34N4O. The Morgan fingerprint density at radius 3 is 1.79 bits per heavy atom. The molecule has 264 valence electrons. The maximum atomic E-state index is 6.20. The summed E-state index contributed by atoms with van der Waals surface area (Å²) < 4.78 is 10.6. The lowest BCUT2D eigenvalue weighted by Crippen LogP contribution is -2.02. The minimum atomic E-state index is 0.637. The Bertz CT molecular complexity index is 3190. The number of aryl methyl sites for hydroxylation is 1. The molecule has 56 heavy (non-hydrogen) atoms. The van der Waals surface area contributed by atoms with E-state index < -0.39 is 0 Å². The average molecular weight is 719 g/mol.